The summed E-state index contributed by atoms with van der Waals surface area (Å²) < 4.78 is 0. The van der Waals surface area contributed by atoms with Crippen molar-refractivity contribution in [3.8, 4) is 0 Å². The molecule has 0 aromatic heterocycles. The molecule has 1 aromatic carbocycles. The van der Waals surface area contributed by atoms with E-state index in [1.54, 1.807) is 13.0 Å². The lowest BCUT2D eigenvalue weighted by molar-refractivity contribution is -0.140. The molecule has 98 valence electrons. The second-order valence-corrected chi connectivity index (χ2v) is 4.80. The van der Waals surface area contributed by atoms with Crippen LogP contribution in [0.1, 0.15) is 12.5 Å². The summed E-state index contributed by atoms with van der Waals surface area (Å²) in [7, 11) is 0. The summed E-state index contributed by atoms with van der Waals surface area (Å²) in [6.45, 7) is 8.41. The molecular weight excluding hydrogens is 250 g/mol. The predicted octanol–water partition coefficient (Wildman–Crippen LogP) is 3.36. The number of carboxylic acid groups (broad SMARTS) is 1. The van der Waals surface area contributed by atoms with Gasteiger partial charge in [0.2, 0.25) is 0 Å². The van der Waals surface area contributed by atoms with Crippen LogP contribution in [-0.2, 0) is 4.79 Å². The van der Waals surface area contributed by atoms with Crippen molar-refractivity contribution < 1.29 is 9.90 Å². The number of hydrogen-bond donors (Lipinski definition) is 1. The largest absolute Gasteiger partial charge is 0.481 e. The summed E-state index contributed by atoms with van der Waals surface area (Å²) in [5.41, 5.74) is 2.02. The summed E-state index contributed by atoms with van der Waals surface area (Å²) >= 11 is 5.99. The molecular formula is C14H18ClNO2. The second kappa shape index (κ2) is 6.45. The maximum atomic E-state index is 10.9. The van der Waals surface area contributed by atoms with Crippen LogP contribution in [0, 0.1) is 12.8 Å². The molecule has 18 heavy (non-hydrogen) atoms. The molecule has 4 heteroatoms. The molecule has 1 atom stereocenters. The van der Waals surface area contributed by atoms with E-state index in [-0.39, 0.29) is 0 Å². The van der Waals surface area contributed by atoms with Crippen molar-refractivity contribution in [2.75, 3.05) is 18.0 Å². The lowest BCUT2D eigenvalue weighted by atomic mass is 10.1. The van der Waals surface area contributed by atoms with Crippen molar-refractivity contribution in [2.45, 2.75) is 13.8 Å². The number of hydrogen-bond acceptors (Lipinski definition) is 2. The van der Waals surface area contributed by atoms with Gasteiger partial charge in [-0.2, -0.15) is 0 Å². The van der Waals surface area contributed by atoms with Gasteiger partial charge in [-0.1, -0.05) is 30.7 Å². The molecule has 1 unspecified atom stereocenters. The highest BCUT2D eigenvalue weighted by Gasteiger charge is 2.17. The summed E-state index contributed by atoms with van der Waals surface area (Å²) in [5, 5.41) is 9.64. The molecule has 0 heterocycles. The van der Waals surface area contributed by atoms with E-state index in [0.717, 1.165) is 11.3 Å². The number of carbonyl (C=O) groups is 1. The third kappa shape index (κ3) is 3.77. The van der Waals surface area contributed by atoms with E-state index in [1.807, 2.05) is 30.0 Å². The minimum atomic E-state index is -0.802. The molecule has 0 bridgehead atoms. The Hall–Kier alpha value is -1.48. The van der Waals surface area contributed by atoms with Crippen LogP contribution in [0.25, 0.3) is 0 Å². The minimum Gasteiger partial charge on any atom is -0.481 e. The average molecular weight is 268 g/mol. The molecule has 0 aliphatic heterocycles. The van der Waals surface area contributed by atoms with Crippen LogP contribution in [-0.4, -0.2) is 24.2 Å². The van der Waals surface area contributed by atoms with Crippen molar-refractivity contribution in [1.29, 1.82) is 0 Å². The van der Waals surface area contributed by atoms with Gasteiger partial charge in [-0.3, -0.25) is 4.79 Å². The first-order chi connectivity index (χ1) is 8.45. The summed E-state index contributed by atoms with van der Waals surface area (Å²) in [6, 6.07) is 5.61. The maximum Gasteiger partial charge on any atom is 0.308 e. The van der Waals surface area contributed by atoms with Crippen LogP contribution in [0.15, 0.2) is 30.9 Å². The zero-order valence-electron chi connectivity index (χ0n) is 10.7. The standard InChI is InChI=1S/C14H18ClNO2/c1-4-7-16(9-11(3)14(17)18)13-8-12(15)6-5-10(13)2/h4-6,8,11H,1,7,9H2,2-3H3,(H,17,18). The average Bonchev–Trinajstić information content (AvgIpc) is 2.31. The Morgan fingerprint density at radius 3 is 2.83 bits per heavy atom. The quantitative estimate of drug-likeness (QED) is 0.804. The van der Waals surface area contributed by atoms with Crippen molar-refractivity contribution in [1.82, 2.24) is 0 Å². The van der Waals surface area contributed by atoms with Crippen LogP contribution >= 0.6 is 11.6 Å². The molecule has 3 nitrogen and oxygen atoms in total. The first-order valence-electron chi connectivity index (χ1n) is 5.80. The van der Waals surface area contributed by atoms with E-state index in [1.165, 1.54) is 0 Å². The van der Waals surface area contributed by atoms with Gasteiger partial charge >= 0.3 is 5.97 Å². The summed E-state index contributed by atoms with van der Waals surface area (Å²) in [6.07, 6.45) is 1.76. The van der Waals surface area contributed by atoms with Crippen molar-refractivity contribution >= 4 is 23.3 Å². The Bertz CT molecular complexity index is 445. The smallest absolute Gasteiger partial charge is 0.308 e. The van der Waals surface area contributed by atoms with Crippen LogP contribution in [0.3, 0.4) is 0 Å². The lowest BCUT2D eigenvalue weighted by Gasteiger charge is -2.27. The van der Waals surface area contributed by atoms with Crippen LogP contribution in [0.2, 0.25) is 5.02 Å². The fourth-order valence-electron chi connectivity index (χ4n) is 1.76. The molecule has 0 aliphatic rings. The van der Waals surface area contributed by atoms with Gasteiger partial charge in [0.25, 0.3) is 0 Å². The lowest BCUT2D eigenvalue weighted by Crippen LogP contribution is -2.32. The highest BCUT2D eigenvalue weighted by Crippen LogP contribution is 2.25. The number of anilines is 1. The summed E-state index contributed by atoms with van der Waals surface area (Å²) in [5.74, 6) is -1.24. The zero-order valence-corrected chi connectivity index (χ0v) is 11.4. The fourth-order valence-corrected chi connectivity index (χ4v) is 1.93. The fraction of sp³-hybridized carbons (Fsp3) is 0.357. The Morgan fingerprint density at radius 1 is 1.61 bits per heavy atom. The van der Waals surface area contributed by atoms with E-state index in [9.17, 15) is 4.79 Å². The van der Waals surface area contributed by atoms with Crippen LogP contribution in [0.4, 0.5) is 5.69 Å². The number of halogens is 1. The van der Waals surface area contributed by atoms with E-state index in [4.69, 9.17) is 16.7 Å². The number of carboxylic acids is 1. The van der Waals surface area contributed by atoms with E-state index in [2.05, 4.69) is 6.58 Å². The molecule has 1 rings (SSSR count). The van der Waals surface area contributed by atoms with Crippen LogP contribution < -0.4 is 4.90 Å². The summed E-state index contributed by atoms with van der Waals surface area (Å²) in [4.78, 5) is 12.9. The van der Waals surface area contributed by atoms with Crippen molar-refractivity contribution in [3.05, 3.63) is 41.4 Å². The van der Waals surface area contributed by atoms with Gasteiger partial charge in [-0.25, -0.2) is 0 Å². The first-order valence-corrected chi connectivity index (χ1v) is 6.18. The SMILES string of the molecule is C=CCN(CC(C)C(=O)O)c1cc(Cl)ccc1C. The maximum absolute atomic E-state index is 10.9. The number of benzene rings is 1. The second-order valence-electron chi connectivity index (χ2n) is 4.36. The Labute approximate surface area is 113 Å². The van der Waals surface area contributed by atoms with E-state index < -0.39 is 11.9 Å². The van der Waals surface area contributed by atoms with Gasteiger partial charge in [0.15, 0.2) is 0 Å². The molecule has 0 saturated carbocycles. The monoisotopic (exact) mass is 267 g/mol. The van der Waals surface area contributed by atoms with Crippen molar-refractivity contribution in [3.63, 3.8) is 0 Å². The molecule has 0 aliphatic carbocycles. The van der Waals surface area contributed by atoms with Gasteiger partial charge in [-0.05, 0) is 24.6 Å². The number of aliphatic carboxylic acids is 1. The zero-order chi connectivity index (χ0) is 13.7. The topological polar surface area (TPSA) is 40.5 Å². The van der Waals surface area contributed by atoms with Gasteiger partial charge in [0.1, 0.15) is 0 Å². The number of aryl methyl sites for hydroxylation is 1. The highest BCUT2D eigenvalue weighted by molar-refractivity contribution is 6.30. The predicted molar refractivity (Wildman–Crippen MR) is 75.4 cm³/mol. The van der Waals surface area contributed by atoms with Crippen LogP contribution in [0.5, 0.6) is 0 Å². The van der Waals surface area contributed by atoms with E-state index in [0.29, 0.717) is 18.1 Å². The highest BCUT2D eigenvalue weighted by atomic mass is 35.5. The number of nitrogens with zero attached hydrogens (tertiary/aromatic N) is 1. The molecule has 0 radical (unpaired) electrons. The Balaban J connectivity index is 2.99. The molecule has 0 saturated heterocycles. The van der Waals surface area contributed by atoms with Gasteiger partial charge in [0.05, 0.1) is 5.92 Å². The minimum absolute atomic E-state index is 0.433. The third-order valence-corrected chi connectivity index (χ3v) is 3.01. The first kappa shape index (κ1) is 14.6. The normalized spacial score (nSPS) is 11.9. The van der Waals surface area contributed by atoms with Crippen molar-refractivity contribution in [2.24, 2.45) is 5.92 Å². The van der Waals surface area contributed by atoms with E-state index >= 15 is 0 Å². The number of rotatable bonds is 6. The van der Waals surface area contributed by atoms with Gasteiger partial charge in [0, 0.05) is 23.8 Å². The van der Waals surface area contributed by atoms with Gasteiger partial charge < -0.3 is 10.0 Å². The Morgan fingerprint density at radius 2 is 2.28 bits per heavy atom. The molecule has 1 N–H and O–H groups in total. The molecule has 0 amide bonds. The molecule has 1 aromatic rings. The molecule has 0 spiro atoms. The Kier molecular flexibility index (Phi) is 5.23. The third-order valence-electron chi connectivity index (χ3n) is 2.78. The van der Waals surface area contributed by atoms with Gasteiger partial charge in [-0.15, -0.1) is 6.58 Å². The molecule has 0 fully saturated rings.